The highest BCUT2D eigenvalue weighted by Gasteiger charge is 2.69. The van der Waals surface area contributed by atoms with Crippen LogP contribution in [-0.4, -0.2) is 23.8 Å². The Morgan fingerprint density at radius 2 is 1.73 bits per heavy atom. The van der Waals surface area contributed by atoms with Gasteiger partial charge in [0.15, 0.2) is 0 Å². The topological polar surface area (TPSA) is 46.5 Å². The number of aliphatic hydroxyl groups excluding tert-OH is 1. The number of allylic oxidation sites excluding steroid dienone is 6. The lowest BCUT2D eigenvalue weighted by atomic mass is 9.35. The lowest BCUT2D eigenvalue weighted by Crippen LogP contribution is -2.65. The molecule has 3 heteroatoms. The number of rotatable bonds is 3. The SMILES string of the molecule is CC(C)=C/C=C/C(C)=C/[C@H]1CC[C@@H]2[C@@]3(C)CC[C@H](O)C(C)(C)[C@@H]3CC[C@@]2(C)[C@@]12COC(=O)C2. The minimum atomic E-state index is -0.209. The molecule has 7 atom stereocenters. The maximum absolute atomic E-state index is 12.6. The Labute approximate surface area is 201 Å². The number of esters is 1. The molecule has 0 aromatic heterocycles. The molecule has 3 nitrogen and oxygen atoms in total. The van der Waals surface area contributed by atoms with Crippen LogP contribution in [0.5, 0.6) is 0 Å². The number of hydrogen-bond acceptors (Lipinski definition) is 3. The predicted molar refractivity (Wildman–Crippen MR) is 135 cm³/mol. The van der Waals surface area contributed by atoms with Crippen molar-refractivity contribution in [2.75, 3.05) is 6.61 Å². The van der Waals surface area contributed by atoms with Crippen molar-refractivity contribution in [3.05, 3.63) is 35.5 Å². The van der Waals surface area contributed by atoms with E-state index in [1.165, 1.54) is 17.6 Å². The third kappa shape index (κ3) is 3.77. The summed E-state index contributed by atoms with van der Waals surface area (Å²) in [5.41, 5.74) is 2.69. The van der Waals surface area contributed by atoms with Crippen molar-refractivity contribution >= 4 is 5.97 Å². The van der Waals surface area contributed by atoms with E-state index in [4.69, 9.17) is 4.74 Å². The number of hydrogen-bond donors (Lipinski definition) is 1. The fraction of sp³-hybridized carbons (Fsp3) is 0.767. The lowest BCUT2D eigenvalue weighted by molar-refractivity contribution is -0.222. The Kier molecular flexibility index (Phi) is 6.30. The van der Waals surface area contributed by atoms with Crippen LogP contribution < -0.4 is 0 Å². The van der Waals surface area contributed by atoms with Crippen molar-refractivity contribution in [2.45, 2.75) is 99.5 Å². The van der Waals surface area contributed by atoms with Crippen molar-refractivity contribution in [2.24, 2.45) is 39.4 Å². The van der Waals surface area contributed by atoms with Crippen LogP contribution >= 0.6 is 0 Å². The van der Waals surface area contributed by atoms with Crippen LogP contribution in [0.25, 0.3) is 0 Å². The van der Waals surface area contributed by atoms with Crippen molar-refractivity contribution in [3.8, 4) is 0 Å². The summed E-state index contributed by atoms with van der Waals surface area (Å²) in [7, 11) is 0. The number of aliphatic hydroxyl groups is 1. The average molecular weight is 455 g/mol. The van der Waals surface area contributed by atoms with Crippen LogP contribution in [0.4, 0.5) is 0 Å². The van der Waals surface area contributed by atoms with Gasteiger partial charge in [-0.25, -0.2) is 0 Å². The minimum absolute atomic E-state index is 0.0142. The molecule has 3 saturated carbocycles. The van der Waals surface area contributed by atoms with Gasteiger partial charge in [-0.3, -0.25) is 4.79 Å². The van der Waals surface area contributed by atoms with Crippen LogP contribution in [0, 0.1) is 39.4 Å². The molecule has 4 fully saturated rings. The van der Waals surface area contributed by atoms with Gasteiger partial charge in [0, 0.05) is 5.41 Å². The molecule has 1 spiro atoms. The van der Waals surface area contributed by atoms with Crippen LogP contribution in [0.2, 0.25) is 0 Å². The van der Waals surface area contributed by atoms with E-state index in [2.05, 4.69) is 72.8 Å². The van der Waals surface area contributed by atoms with E-state index in [0.717, 1.165) is 32.1 Å². The Morgan fingerprint density at radius 3 is 2.36 bits per heavy atom. The second kappa shape index (κ2) is 8.40. The molecule has 1 aliphatic heterocycles. The van der Waals surface area contributed by atoms with Crippen molar-refractivity contribution in [1.82, 2.24) is 0 Å². The highest BCUT2D eigenvalue weighted by molar-refractivity contribution is 5.73. The first-order valence-electron chi connectivity index (χ1n) is 13.2. The Morgan fingerprint density at radius 1 is 1.00 bits per heavy atom. The molecule has 3 aliphatic carbocycles. The lowest BCUT2D eigenvalue weighted by Gasteiger charge is -2.69. The largest absolute Gasteiger partial charge is 0.465 e. The summed E-state index contributed by atoms with van der Waals surface area (Å²) >= 11 is 0. The highest BCUT2D eigenvalue weighted by atomic mass is 16.5. The van der Waals surface area contributed by atoms with E-state index >= 15 is 0 Å². The molecule has 184 valence electrons. The molecule has 0 radical (unpaired) electrons. The Bertz CT molecular complexity index is 875. The third-order valence-electron chi connectivity index (χ3n) is 10.8. The summed E-state index contributed by atoms with van der Waals surface area (Å²) in [4.78, 5) is 12.6. The normalized spacial score (nSPS) is 45.0. The molecular weight excluding hydrogens is 408 g/mol. The number of ether oxygens (including phenoxy) is 1. The Hall–Kier alpha value is -1.35. The van der Waals surface area contributed by atoms with Crippen LogP contribution in [-0.2, 0) is 9.53 Å². The zero-order chi connectivity index (χ0) is 24.2. The van der Waals surface area contributed by atoms with E-state index in [1.54, 1.807) is 0 Å². The quantitative estimate of drug-likeness (QED) is 0.368. The second-order valence-corrected chi connectivity index (χ2v) is 13.1. The van der Waals surface area contributed by atoms with E-state index in [1.807, 2.05) is 0 Å². The Balaban J connectivity index is 1.72. The van der Waals surface area contributed by atoms with Crippen LogP contribution in [0.15, 0.2) is 35.5 Å². The van der Waals surface area contributed by atoms with Gasteiger partial charge in [0.05, 0.1) is 19.1 Å². The third-order valence-corrected chi connectivity index (χ3v) is 10.8. The first-order chi connectivity index (χ1) is 15.4. The van der Waals surface area contributed by atoms with Gasteiger partial charge in [-0.15, -0.1) is 0 Å². The average Bonchev–Trinajstić information content (AvgIpc) is 3.11. The van der Waals surface area contributed by atoms with Gasteiger partial charge in [0.2, 0.25) is 0 Å². The van der Waals surface area contributed by atoms with Gasteiger partial charge < -0.3 is 9.84 Å². The first-order valence-corrected chi connectivity index (χ1v) is 13.2. The van der Waals surface area contributed by atoms with Crippen molar-refractivity contribution < 1.29 is 14.6 Å². The highest BCUT2D eigenvalue weighted by Crippen LogP contribution is 2.73. The molecule has 0 aromatic carbocycles. The zero-order valence-electron chi connectivity index (χ0n) is 22.0. The summed E-state index contributed by atoms with van der Waals surface area (Å²) in [6.07, 6.45) is 15.9. The molecule has 33 heavy (non-hydrogen) atoms. The molecular formula is C30H46O3. The van der Waals surface area contributed by atoms with E-state index < -0.39 is 0 Å². The second-order valence-electron chi connectivity index (χ2n) is 13.1. The minimum Gasteiger partial charge on any atom is -0.465 e. The van der Waals surface area contributed by atoms with Crippen LogP contribution in [0.3, 0.4) is 0 Å². The molecule has 1 saturated heterocycles. The van der Waals surface area contributed by atoms with Gasteiger partial charge in [-0.1, -0.05) is 63.1 Å². The maximum atomic E-state index is 12.6. The molecule has 0 aromatic rings. The molecule has 4 aliphatic rings. The number of fused-ring (bicyclic) bond motifs is 4. The van der Waals surface area contributed by atoms with Gasteiger partial charge in [-0.2, -0.15) is 0 Å². The van der Waals surface area contributed by atoms with Crippen LogP contribution in [0.1, 0.15) is 93.4 Å². The number of carbonyl (C=O) groups is 1. The summed E-state index contributed by atoms with van der Waals surface area (Å²) in [6, 6.07) is 0. The van der Waals surface area contributed by atoms with E-state index in [0.29, 0.717) is 30.8 Å². The molecule has 1 heterocycles. The molecule has 0 amide bonds. The van der Waals surface area contributed by atoms with Gasteiger partial charge in [-0.05, 0) is 93.3 Å². The standard InChI is InChI=1S/C30H46O3/c1-20(2)9-8-10-21(3)17-22-11-12-24-28(6)15-14-25(31)27(4,5)23(28)13-16-29(24,7)30(22)18-26(32)33-19-30/h8-10,17,22-25,31H,11-16,18-19H2,1-7H3/b10-8+,21-17+/t22-,23+,24-,25+,28+,29-,30+/m1/s1. The smallest absolute Gasteiger partial charge is 0.306 e. The van der Waals surface area contributed by atoms with Gasteiger partial charge >= 0.3 is 5.97 Å². The molecule has 0 bridgehead atoms. The van der Waals surface area contributed by atoms with Gasteiger partial charge in [0.1, 0.15) is 0 Å². The number of carbonyl (C=O) groups excluding carboxylic acids is 1. The fourth-order valence-electron chi connectivity index (χ4n) is 9.01. The predicted octanol–water partition coefficient (Wildman–Crippen LogP) is 7.02. The summed E-state index contributed by atoms with van der Waals surface area (Å²) in [6.45, 7) is 16.6. The molecule has 1 N–H and O–H groups in total. The summed E-state index contributed by atoms with van der Waals surface area (Å²) < 4.78 is 5.78. The first kappa shape index (κ1) is 24.8. The van der Waals surface area contributed by atoms with E-state index in [9.17, 15) is 9.90 Å². The number of cyclic esters (lactones) is 1. The van der Waals surface area contributed by atoms with Crippen molar-refractivity contribution in [1.29, 1.82) is 0 Å². The van der Waals surface area contributed by atoms with Crippen molar-refractivity contribution in [3.63, 3.8) is 0 Å². The fourth-order valence-corrected chi connectivity index (χ4v) is 9.01. The maximum Gasteiger partial charge on any atom is 0.306 e. The summed E-state index contributed by atoms with van der Waals surface area (Å²) in [5, 5.41) is 10.9. The summed E-state index contributed by atoms with van der Waals surface area (Å²) in [5.74, 6) is 1.45. The molecule has 4 rings (SSSR count). The zero-order valence-corrected chi connectivity index (χ0v) is 22.0. The van der Waals surface area contributed by atoms with Gasteiger partial charge in [0.25, 0.3) is 0 Å². The molecule has 0 unspecified atom stereocenters. The van der Waals surface area contributed by atoms with E-state index in [-0.39, 0.29) is 33.7 Å². The monoisotopic (exact) mass is 454 g/mol.